The molecule has 0 fully saturated rings. The van der Waals surface area contributed by atoms with Crippen LogP contribution in [0.4, 0.5) is 0 Å². The van der Waals surface area contributed by atoms with E-state index in [0.717, 1.165) is 13.0 Å². The van der Waals surface area contributed by atoms with Crippen LogP contribution >= 0.6 is 0 Å². The smallest absolute Gasteiger partial charge is 0.0701 e. The number of hydrogen-bond donors (Lipinski definition) is 1. The fraction of sp³-hybridized carbons (Fsp3) is 1.00. The Morgan fingerprint density at radius 3 is 1.04 bits per heavy atom. The van der Waals surface area contributed by atoms with Crippen molar-refractivity contribution in [2.75, 3.05) is 85.9 Å². The van der Waals surface area contributed by atoms with Crippen molar-refractivity contribution in [1.82, 2.24) is 0 Å². The zero-order valence-corrected chi connectivity index (χ0v) is 16.3. The lowest BCUT2D eigenvalue weighted by Crippen LogP contribution is -2.15. The minimum Gasteiger partial charge on any atom is -0.394 e. The first-order chi connectivity index (χ1) is 12.1. The van der Waals surface area contributed by atoms with E-state index in [-0.39, 0.29) is 6.61 Å². The molecule has 0 aromatic heterocycles. The van der Waals surface area contributed by atoms with E-state index in [1.165, 1.54) is 0 Å². The summed E-state index contributed by atoms with van der Waals surface area (Å²) in [6, 6.07) is 0. The van der Waals surface area contributed by atoms with Crippen LogP contribution in [0.3, 0.4) is 0 Å². The molecule has 0 aliphatic rings. The number of aliphatic hydroxyl groups excluding tert-OH is 1. The monoisotopic (exact) mass is 366 g/mol. The first-order valence-corrected chi connectivity index (χ1v) is 9.13. The van der Waals surface area contributed by atoms with Crippen LogP contribution in [-0.2, 0) is 28.4 Å². The molecule has 0 amide bonds. The van der Waals surface area contributed by atoms with Crippen LogP contribution in [0.1, 0.15) is 27.2 Å². The largest absolute Gasteiger partial charge is 0.394 e. The molecule has 152 valence electrons. The highest BCUT2D eigenvalue weighted by atomic mass is 16.6. The van der Waals surface area contributed by atoms with E-state index < -0.39 is 0 Å². The maximum absolute atomic E-state index is 8.51. The zero-order valence-electron chi connectivity index (χ0n) is 16.3. The van der Waals surface area contributed by atoms with Crippen LogP contribution < -0.4 is 0 Å². The molecule has 0 unspecified atom stereocenters. The third-order valence-corrected chi connectivity index (χ3v) is 3.09. The lowest BCUT2D eigenvalue weighted by atomic mass is 9.93. The first-order valence-electron chi connectivity index (χ1n) is 9.13. The van der Waals surface area contributed by atoms with Crippen LogP contribution in [-0.4, -0.2) is 91.0 Å². The molecule has 0 aliphatic heterocycles. The quantitative estimate of drug-likeness (QED) is 0.347. The van der Waals surface area contributed by atoms with Gasteiger partial charge in [0.2, 0.25) is 0 Å². The SMILES string of the molecule is CC(C)(C)CCOCCOCCOCCOCCOCCOCCO. The van der Waals surface area contributed by atoms with Crippen LogP contribution in [0, 0.1) is 5.41 Å². The van der Waals surface area contributed by atoms with Crippen molar-refractivity contribution in [1.29, 1.82) is 0 Å². The second-order valence-electron chi connectivity index (χ2n) is 6.71. The standard InChI is InChI=1S/C18H38O7/c1-18(2,3)4-6-20-8-10-22-12-14-24-16-17-25-15-13-23-11-9-21-7-5-19/h19H,4-17H2,1-3H3. The molecule has 0 radical (unpaired) electrons. The summed E-state index contributed by atoms with van der Waals surface area (Å²) in [6.07, 6.45) is 1.05. The molecule has 0 bridgehead atoms. The van der Waals surface area contributed by atoms with Crippen LogP contribution in [0.5, 0.6) is 0 Å². The van der Waals surface area contributed by atoms with Crippen molar-refractivity contribution < 1.29 is 33.5 Å². The average molecular weight is 366 g/mol. The van der Waals surface area contributed by atoms with Crippen molar-refractivity contribution in [2.24, 2.45) is 5.41 Å². The summed E-state index contributed by atoms with van der Waals surface area (Å²) >= 11 is 0. The van der Waals surface area contributed by atoms with Gasteiger partial charge in [-0.3, -0.25) is 0 Å². The molecule has 7 nitrogen and oxygen atoms in total. The number of aliphatic hydroxyl groups is 1. The second-order valence-corrected chi connectivity index (χ2v) is 6.71. The summed E-state index contributed by atoms with van der Waals surface area (Å²) in [5.74, 6) is 0. The van der Waals surface area contributed by atoms with Gasteiger partial charge in [-0.05, 0) is 11.8 Å². The van der Waals surface area contributed by atoms with E-state index in [1.807, 2.05) is 0 Å². The first kappa shape index (κ1) is 24.7. The van der Waals surface area contributed by atoms with Crippen molar-refractivity contribution in [3.8, 4) is 0 Å². The Morgan fingerprint density at radius 2 is 0.760 bits per heavy atom. The van der Waals surface area contributed by atoms with Gasteiger partial charge in [0, 0.05) is 6.61 Å². The van der Waals surface area contributed by atoms with Gasteiger partial charge in [0.05, 0.1) is 79.3 Å². The van der Waals surface area contributed by atoms with E-state index in [4.69, 9.17) is 33.5 Å². The van der Waals surface area contributed by atoms with Gasteiger partial charge < -0.3 is 33.5 Å². The predicted octanol–water partition coefficient (Wildman–Crippen LogP) is 1.51. The summed E-state index contributed by atoms with van der Waals surface area (Å²) in [5.41, 5.74) is 0.317. The molecule has 0 heterocycles. The van der Waals surface area contributed by atoms with Gasteiger partial charge in [-0.2, -0.15) is 0 Å². The van der Waals surface area contributed by atoms with E-state index in [1.54, 1.807) is 0 Å². The van der Waals surface area contributed by atoms with E-state index in [0.29, 0.717) is 78.1 Å². The Morgan fingerprint density at radius 1 is 0.480 bits per heavy atom. The van der Waals surface area contributed by atoms with Crippen molar-refractivity contribution >= 4 is 0 Å². The fourth-order valence-corrected chi connectivity index (χ4v) is 1.64. The average Bonchev–Trinajstić information content (AvgIpc) is 2.56. The molecular formula is C18H38O7. The number of ether oxygens (including phenoxy) is 6. The normalized spacial score (nSPS) is 12.0. The fourth-order valence-electron chi connectivity index (χ4n) is 1.64. The third kappa shape index (κ3) is 23.7. The summed E-state index contributed by atoms with van der Waals surface area (Å²) in [5, 5.41) is 8.51. The summed E-state index contributed by atoms with van der Waals surface area (Å²) in [4.78, 5) is 0. The van der Waals surface area contributed by atoms with Gasteiger partial charge in [0.15, 0.2) is 0 Å². The molecule has 0 atom stereocenters. The highest BCUT2D eigenvalue weighted by molar-refractivity contribution is 4.59. The van der Waals surface area contributed by atoms with Crippen LogP contribution in [0.15, 0.2) is 0 Å². The minimum absolute atomic E-state index is 0.0410. The van der Waals surface area contributed by atoms with E-state index in [9.17, 15) is 0 Å². The Bertz CT molecular complexity index is 256. The maximum atomic E-state index is 8.51. The molecule has 0 aliphatic carbocycles. The molecule has 0 spiro atoms. The van der Waals surface area contributed by atoms with Gasteiger partial charge in [-0.15, -0.1) is 0 Å². The van der Waals surface area contributed by atoms with Gasteiger partial charge in [0.1, 0.15) is 0 Å². The Labute approximate surface area is 152 Å². The molecular weight excluding hydrogens is 328 g/mol. The van der Waals surface area contributed by atoms with E-state index in [2.05, 4.69) is 20.8 Å². The summed E-state index contributed by atoms with van der Waals surface area (Å²) < 4.78 is 32.1. The minimum atomic E-state index is 0.0410. The van der Waals surface area contributed by atoms with Gasteiger partial charge in [-0.1, -0.05) is 20.8 Å². The number of hydrogen-bond acceptors (Lipinski definition) is 7. The van der Waals surface area contributed by atoms with Crippen molar-refractivity contribution in [3.63, 3.8) is 0 Å². The zero-order chi connectivity index (χ0) is 18.6. The Balaban J connectivity index is 3.01. The highest BCUT2D eigenvalue weighted by Gasteiger charge is 2.08. The number of rotatable bonds is 19. The van der Waals surface area contributed by atoms with E-state index >= 15 is 0 Å². The third-order valence-electron chi connectivity index (χ3n) is 3.09. The second kappa shape index (κ2) is 18.5. The van der Waals surface area contributed by atoms with Crippen molar-refractivity contribution in [2.45, 2.75) is 27.2 Å². The molecule has 0 aromatic carbocycles. The molecule has 0 saturated carbocycles. The lowest BCUT2D eigenvalue weighted by molar-refractivity contribution is -0.0189. The topological polar surface area (TPSA) is 75.6 Å². The molecule has 0 aromatic rings. The van der Waals surface area contributed by atoms with Gasteiger partial charge >= 0.3 is 0 Å². The molecule has 1 N–H and O–H groups in total. The predicted molar refractivity (Wildman–Crippen MR) is 96.1 cm³/mol. The molecule has 25 heavy (non-hydrogen) atoms. The Kier molecular flexibility index (Phi) is 18.3. The highest BCUT2D eigenvalue weighted by Crippen LogP contribution is 2.17. The molecule has 0 rings (SSSR count). The summed E-state index contributed by atoms with van der Waals surface area (Å²) in [6.45, 7) is 13.3. The van der Waals surface area contributed by atoms with Gasteiger partial charge in [-0.25, -0.2) is 0 Å². The van der Waals surface area contributed by atoms with Crippen molar-refractivity contribution in [3.05, 3.63) is 0 Å². The summed E-state index contributed by atoms with van der Waals surface area (Å²) in [7, 11) is 0. The molecule has 7 heteroatoms. The Hall–Kier alpha value is -0.280. The molecule has 0 saturated heterocycles. The lowest BCUT2D eigenvalue weighted by Gasteiger charge is -2.17. The van der Waals surface area contributed by atoms with Crippen LogP contribution in [0.2, 0.25) is 0 Å². The van der Waals surface area contributed by atoms with Gasteiger partial charge in [0.25, 0.3) is 0 Å². The maximum Gasteiger partial charge on any atom is 0.0701 e. The van der Waals surface area contributed by atoms with Crippen LogP contribution in [0.25, 0.3) is 0 Å².